The highest BCUT2D eigenvalue weighted by atomic mass is 127. The number of aliphatic imine (C=N–C) groups is 1. The SMILES string of the molecule is CN=C(NCc1ccnc(OC)c1)N1CCN(C(=O)Cc2cccc(Cl)c2)CC1.I. The molecule has 2 heterocycles. The molecule has 1 saturated heterocycles. The van der Waals surface area contributed by atoms with Crippen molar-refractivity contribution in [1.29, 1.82) is 0 Å². The minimum atomic E-state index is 0. The second kappa shape index (κ2) is 11.9. The highest BCUT2D eigenvalue weighted by molar-refractivity contribution is 14.0. The fourth-order valence-electron chi connectivity index (χ4n) is 3.29. The third-order valence-electron chi connectivity index (χ3n) is 4.85. The standard InChI is InChI=1S/C21H26ClN5O2.HI/c1-23-21(25-15-17-6-7-24-19(13-17)29-2)27-10-8-26(9-11-27)20(28)14-16-4-3-5-18(22)12-16;/h3-7,12-13H,8-11,14-15H2,1-2H3,(H,23,25);1H. The number of halogens is 2. The second-order valence-electron chi connectivity index (χ2n) is 6.78. The van der Waals surface area contributed by atoms with Crippen LogP contribution in [0.5, 0.6) is 5.88 Å². The van der Waals surface area contributed by atoms with Crippen LogP contribution in [-0.4, -0.2) is 67.0 Å². The largest absolute Gasteiger partial charge is 0.481 e. The molecule has 0 atom stereocenters. The van der Waals surface area contributed by atoms with Crippen LogP contribution in [0.15, 0.2) is 47.6 Å². The average molecular weight is 544 g/mol. The van der Waals surface area contributed by atoms with E-state index in [1.165, 1.54) is 0 Å². The van der Waals surface area contributed by atoms with Gasteiger partial charge in [0.25, 0.3) is 0 Å². The summed E-state index contributed by atoms with van der Waals surface area (Å²) in [6.07, 6.45) is 2.10. The van der Waals surface area contributed by atoms with Crippen LogP contribution in [0.4, 0.5) is 0 Å². The van der Waals surface area contributed by atoms with Gasteiger partial charge in [0.05, 0.1) is 13.5 Å². The molecule has 1 aliphatic heterocycles. The summed E-state index contributed by atoms with van der Waals surface area (Å²) in [4.78, 5) is 25.2. The van der Waals surface area contributed by atoms with E-state index >= 15 is 0 Å². The number of rotatable bonds is 5. The number of carbonyl (C=O) groups is 1. The van der Waals surface area contributed by atoms with E-state index in [0.717, 1.165) is 30.2 Å². The first-order valence-electron chi connectivity index (χ1n) is 9.56. The maximum Gasteiger partial charge on any atom is 0.227 e. The Bertz CT molecular complexity index is 872. The topological polar surface area (TPSA) is 70.1 Å². The fourth-order valence-corrected chi connectivity index (χ4v) is 3.50. The van der Waals surface area contributed by atoms with Gasteiger partial charge in [-0.25, -0.2) is 4.98 Å². The highest BCUT2D eigenvalue weighted by Gasteiger charge is 2.23. The van der Waals surface area contributed by atoms with E-state index in [4.69, 9.17) is 16.3 Å². The summed E-state index contributed by atoms with van der Waals surface area (Å²) in [6.45, 7) is 3.44. The lowest BCUT2D eigenvalue weighted by molar-refractivity contribution is -0.131. The Labute approximate surface area is 199 Å². The predicted octanol–water partition coefficient (Wildman–Crippen LogP) is 2.82. The molecule has 1 amide bonds. The number of guanidine groups is 1. The first-order chi connectivity index (χ1) is 14.1. The van der Waals surface area contributed by atoms with Crippen molar-refractivity contribution in [3.63, 3.8) is 0 Å². The number of carbonyl (C=O) groups excluding carboxylic acids is 1. The van der Waals surface area contributed by atoms with Gasteiger partial charge in [-0.05, 0) is 29.3 Å². The molecule has 7 nitrogen and oxygen atoms in total. The van der Waals surface area contributed by atoms with Crippen molar-refractivity contribution in [2.75, 3.05) is 40.3 Å². The third-order valence-corrected chi connectivity index (χ3v) is 5.08. The second-order valence-corrected chi connectivity index (χ2v) is 7.22. The molecule has 1 N–H and O–H groups in total. The maximum absolute atomic E-state index is 12.6. The number of hydrogen-bond donors (Lipinski definition) is 1. The van der Waals surface area contributed by atoms with Crippen molar-refractivity contribution in [3.8, 4) is 5.88 Å². The highest BCUT2D eigenvalue weighted by Crippen LogP contribution is 2.13. The molecular formula is C21H27ClIN5O2. The fraction of sp³-hybridized carbons (Fsp3) is 0.381. The van der Waals surface area contributed by atoms with Crippen LogP contribution in [0, 0.1) is 0 Å². The van der Waals surface area contributed by atoms with Gasteiger partial charge in [-0.2, -0.15) is 0 Å². The Morgan fingerprint density at radius 3 is 2.57 bits per heavy atom. The molecule has 1 aliphatic rings. The number of methoxy groups -OCH3 is 1. The number of nitrogens with zero attached hydrogens (tertiary/aromatic N) is 4. The summed E-state index contributed by atoms with van der Waals surface area (Å²) in [7, 11) is 3.37. The van der Waals surface area contributed by atoms with Crippen LogP contribution in [0.2, 0.25) is 5.02 Å². The number of pyridine rings is 1. The molecule has 1 fully saturated rings. The van der Waals surface area contributed by atoms with Gasteiger partial charge in [0.15, 0.2) is 5.96 Å². The van der Waals surface area contributed by atoms with E-state index in [9.17, 15) is 4.79 Å². The number of amides is 1. The minimum absolute atomic E-state index is 0. The number of hydrogen-bond acceptors (Lipinski definition) is 4. The molecule has 1 aromatic carbocycles. The molecule has 9 heteroatoms. The smallest absolute Gasteiger partial charge is 0.227 e. The zero-order valence-electron chi connectivity index (χ0n) is 17.2. The summed E-state index contributed by atoms with van der Waals surface area (Å²) in [5, 5.41) is 4.03. The minimum Gasteiger partial charge on any atom is -0.481 e. The molecular weight excluding hydrogens is 517 g/mol. The number of aromatic nitrogens is 1. The number of piperazine rings is 1. The van der Waals surface area contributed by atoms with Gasteiger partial charge in [-0.3, -0.25) is 9.79 Å². The summed E-state index contributed by atoms with van der Waals surface area (Å²) in [5.41, 5.74) is 2.00. The monoisotopic (exact) mass is 543 g/mol. The number of benzene rings is 1. The quantitative estimate of drug-likeness (QED) is 0.357. The Morgan fingerprint density at radius 2 is 1.90 bits per heavy atom. The number of ether oxygens (including phenoxy) is 1. The molecule has 0 aliphatic carbocycles. The van der Waals surface area contributed by atoms with Gasteiger partial charge >= 0.3 is 0 Å². The van der Waals surface area contributed by atoms with Gasteiger partial charge < -0.3 is 19.9 Å². The molecule has 0 bridgehead atoms. The van der Waals surface area contributed by atoms with Crippen LogP contribution >= 0.6 is 35.6 Å². The van der Waals surface area contributed by atoms with Gasteiger partial charge in [0, 0.05) is 57.1 Å². The molecule has 0 unspecified atom stereocenters. The van der Waals surface area contributed by atoms with Gasteiger partial charge in [-0.1, -0.05) is 23.7 Å². The molecule has 30 heavy (non-hydrogen) atoms. The Hall–Kier alpha value is -2.07. The lowest BCUT2D eigenvalue weighted by Crippen LogP contribution is -2.53. The van der Waals surface area contributed by atoms with Crippen LogP contribution in [-0.2, 0) is 17.8 Å². The molecule has 3 rings (SSSR count). The third kappa shape index (κ3) is 6.73. The van der Waals surface area contributed by atoms with Crippen LogP contribution < -0.4 is 10.1 Å². The van der Waals surface area contributed by atoms with Crippen LogP contribution in [0.25, 0.3) is 0 Å². The molecule has 1 aromatic heterocycles. The van der Waals surface area contributed by atoms with Crippen molar-refractivity contribution in [1.82, 2.24) is 20.1 Å². The summed E-state index contributed by atoms with van der Waals surface area (Å²) < 4.78 is 5.16. The number of nitrogens with one attached hydrogen (secondary N) is 1. The van der Waals surface area contributed by atoms with Crippen LogP contribution in [0.3, 0.4) is 0 Å². The van der Waals surface area contributed by atoms with Crippen molar-refractivity contribution in [2.45, 2.75) is 13.0 Å². The van der Waals surface area contributed by atoms with Crippen molar-refractivity contribution >= 4 is 47.4 Å². The molecule has 162 valence electrons. The summed E-state index contributed by atoms with van der Waals surface area (Å²) >= 11 is 6.01. The summed E-state index contributed by atoms with van der Waals surface area (Å²) in [5.74, 6) is 1.53. The summed E-state index contributed by atoms with van der Waals surface area (Å²) in [6, 6.07) is 11.3. The average Bonchev–Trinajstić information content (AvgIpc) is 2.75. The van der Waals surface area contributed by atoms with Crippen LogP contribution in [0.1, 0.15) is 11.1 Å². The van der Waals surface area contributed by atoms with Gasteiger partial charge in [0.1, 0.15) is 0 Å². The first-order valence-corrected chi connectivity index (χ1v) is 9.93. The lowest BCUT2D eigenvalue weighted by atomic mass is 10.1. The molecule has 2 aromatic rings. The Kier molecular flexibility index (Phi) is 9.64. The Balaban J connectivity index is 0.00000320. The van der Waals surface area contributed by atoms with Gasteiger partial charge in [-0.15, -0.1) is 24.0 Å². The van der Waals surface area contributed by atoms with E-state index in [-0.39, 0.29) is 29.9 Å². The van der Waals surface area contributed by atoms with E-state index in [1.807, 2.05) is 41.3 Å². The normalized spacial score (nSPS) is 14.2. The van der Waals surface area contributed by atoms with Gasteiger partial charge in [0.2, 0.25) is 11.8 Å². The Morgan fingerprint density at radius 1 is 1.17 bits per heavy atom. The lowest BCUT2D eigenvalue weighted by Gasteiger charge is -2.36. The maximum atomic E-state index is 12.6. The first kappa shape index (κ1) is 24.2. The van der Waals surface area contributed by atoms with Crippen molar-refractivity contribution in [3.05, 3.63) is 58.7 Å². The molecule has 0 saturated carbocycles. The zero-order chi connectivity index (χ0) is 20.6. The van der Waals surface area contributed by atoms with E-state index in [0.29, 0.717) is 37.0 Å². The predicted molar refractivity (Wildman–Crippen MR) is 130 cm³/mol. The van der Waals surface area contributed by atoms with Crippen molar-refractivity contribution < 1.29 is 9.53 Å². The molecule has 0 spiro atoms. The molecule has 0 radical (unpaired) electrons. The van der Waals surface area contributed by atoms with Crippen molar-refractivity contribution in [2.24, 2.45) is 4.99 Å². The van der Waals surface area contributed by atoms with E-state index in [1.54, 1.807) is 20.4 Å². The van der Waals surface area contributed by atoms with E-state index in [2.05, 4.69) is 20.2 Å². The zero-order valence-corrected chi connectivity index (χ0v) is 20.3. The van der Waals surface area contributed by atoms with E-state index < -0.39 is 0 Å².